The lowest BCUT2D eigenvalue weighted by molar-refractivity contribution is 0.0892. The van der Waals surface area contributed by atoms with Crippen molar-refractivity contribution in [2.75, 3.05) is 13.7 Å². The molecule has 2 N–H and O–H groups in total. The molecule has 2 aromatic rings. The van der Waals surface area contributed by atoms with Gasteiger partial charge in [0.15, 0.2) is 0 Å². The van der Waals surface area contributed by atoms with Crippen LogP contribution in [0.15, 0.2) is 41.6 Å². The summed E-state index contributed by atoms with van der Waals surface area (Å²) in [6.07, 6.45) is 12.9. The highest BCUT2D eigenvalue weighted by Crippen LogP contribution is 2.17. The van der Waals surface area contributed by atoms with Crippen molar-refractivity contribution in [1.29, 1.82) is 0 Å². The molecular weight excluding hydrogens is 432 g/mol. The van der Waals surface area contributed by atoms with E-state index in [0.717, 1.165) is 31.4 Å². The first-order valence-electron chi connectivity index (χ1n) is 12.3. The highest BCUT2D eigenvalue weighted by molar-refractivity contribution is 5.99. The Morgan fingerprint density at radius 1 is 1.09 bits per heavy atom. The second kappa shape index (κ2) is 13.0. The molecule has 0 saturated heterocycles. The van der Waals surface area contributed by atoms with E-state index in [4.69, 9.17) is 4.74 Å². The predicted molar refractivity (Wildman–Crippen MR) is 131 cm³/mol. The number of hydrogen-bond acceptors (Lipinski definition) is 5. The Bertz CT molecular complexity index is 998. The number of nitrogens with zero attached hydrogens (tertiary/aromatic N) is 2. The maximum absolute atomic E-state index is 13.3. The lowest BCUT2D eigenvalue weighted by Crippen LogP contribution is -2.42. The van der Waals surface area contributed by atoms with Crippen LogP contribution >= 0.6 is 0 Å². The Morgan fingerprint density at radius 3 is 2.38 bits per heavy atom. The summed E-state index contributed by atoms with van der Waals surface area (Å²) in [7, 11) is 1.56. The van der Waals surface area contributed by atoms with Gasteiger partial charge in [0.05, 0.1) is 24.9 Å². The topological polar surface area (TPSA) is 102 Å². The number of amides is 2. The second-order valence-electron chi connectivity index (χ2n) is 8.96. The van der Waals surface area contributed by atoms with Gasteiger partial charge in [-0.2, -0.15) is 0 Å². The first kappa shape index (κ1) is 25.6. The summed E-state index contributed by atoms with van der Waals surface area (Å²) in [4.78, 5) is 43.8. The zero-order valence-corrected chi connectivity index (χ0v) is 20.2. The standard InChI is InChI=1S/C26H36N4O4/c1-3-19(18-34-2)28-25(32)22-16-30(15-21-13-9-10-14-27-21)17-23(24(22)31)26(33)29-20-11-7-5-4-6-8-12-20/h9-10,13-14,16-17,19-20H,3-8,11-12,15,18H2,1-2H3,(H,28,32)(H,29,33)/t19-/m0/s1. The van der Waals surface area contributed by atoms with Crippen molar-refractivity contribution in [1.82, 2.24) is 20.2 Å². The molecule has 0 spiro atoms. The monoisotopic (exact) mass is 468 g/mol. The van der Waals surface area contributed by atoms with Crippen LogP contribution in [0.3, 0.4) is 0 Å². The van der Waals surface area contributed by atoms with Gasteiger partial charge in [-0.1, -0.05) is 45.1 Å². The summed E-state index contributed by atoms with van der Waals surface area (Å²) < 4.78 is 6.84. The summed E-state index contributed by atoms with van der Waals surface area (Å²) in [6.45, 7) is 2.61. The van der Waals surface area contributed by atoms with E-state index in [9.17, 15) is 14.4 Å². The minimum absolute atomic E-state index is 0.0227. The van der Waals surface area contributed by atoms with E-state index in [2.05, 4.69) is 15.6 Å². The van der Waals surface area contributed by atoms with Crippen LogP contribution in [0.2, 0.25) is 0 Å². The smallest absolute Gasteiger partial charge is 0.257 e. The van der Waals surface area contributed by atoms with Gasteiger partial charge in [0.1, 0.15) is 11.1 Å². The van der Waals surface area contributed by atoms with E-state index in [0.29, 0.717) is 19.6 Å². The summed E-state index contributed by atoms with van der Waals surface area (Å²) in [5, 5.41) is 5.91. The maximum atomic E-state index is 13.3. The normalized spacial score (nSPS) is 15.7. The summed E-state index contributed by atoms with van der Waals surface area (Å²) >= 11 is 0. The Kier molecular flexibility index (Phi) is 9.82. The van der Waals surface area contributed by atoms with E-state index in [-0.39, 0.29) is 23.2 Å². The average Bonchev–Trinajstić information content (AvgIpc) is 2.81. The molecule has 1 aliphatic carbocycles. The summed E-state index contributed by atoms with van der Waals surface area (Å²) in [6, 6.07) is 5.37. The molecule has 2 aromatic heterocycles. The first-order valence-corrected chi connectivity index (χ1v) is 12.3. The number of carbonyl (C=O) groups excluding carboxylic acids is 2. The van der Waals surface area contributed by atoms with E-state index in [1.54, 1.807) is 17.9 Å². The average molecular weight is 469 g/mol. The van der Waals surface area contributed by atoms with Gasteiger partial charge in [-0.15, -0.1) is 0 Å². The van der Waals surface area contributed by atoms with Crippen molar-refractivity contribution < 1.29 is 14.3 Å². The Hall–Kier alpha value is -3.00. The van der Waals surface area contributed by atoms with E-state index >= 15 is 0 Å². The van der Waals surface area contributed by atoms with Crippen LogP contribution in [0.4, 0.5) is 0 Å². The zero-order chi connectivity index (χ0) is 24.3. The molecule has 3 rings (SSSR count). The maximum Gasteiger partial charge on any atom is 0.257 e. The van der Waals surface area contributed by atoms with E-state index < -0.39 is 17.2 Å². The van der Waals surface area contributed by atoms with Crippen LogP contribution in [-0.2, 0) is 11.3 Å². The van der Waals surface area contributed by atoms with E-state index in [1.807, 2.05) is 25.1 Å². The van der Waals surface area contributed by atoms with Gasteiger partial charge in [0, 0.05) is 31.7 Å². The van der Waals surface area contributed by atoms with Crippen LogP contribution in [0.1, 0.15) is 84.7 Å². The number of pyridine rings is 2. The lowest BCUT2D eigenvalue weighted by atomic mass is 9.96. The largest absolute Gasteiger partial charge is 0.383 e. The molecule has 2 heterocycles. The summed E-state index contributed by atoms with van der Waals surface area (Å²) in [5.41, 5.74) is 0.112. The molecule has 184 valence electrons. The Labute approximate surface area is 201 Å². The van der Waals surface area contributed by atoms with Gasteiger partial charge < -0.3 is 19.9 Å². The van der Waals surface area contributed by atoms with Crippen LogP contribution in [0.5, 0.6) is 0 Å². The van der Waals surface area contributed by atoms with Gasteiger partial charge in [-0.3, -0.25) is 19.4 Å². The number of carbonyl (C=O) groups is 2. The third-order valence-corrected chi connectivity index (χ3v) is 6.28. The number of ether oxygens (including phenoxy) is 1. The minimum atomic E-state index is -0.564. The van der Waals surface area contributed by atoms with Gasteiger partial charge in [0.2, 0.25) is 5.43 Å². The van der Waals surface area contributed by atoms with Crippen LogP contribution in [0, 0.1) is 0 Å². The van der Waals surface area contributed by atoms with Crippen molar-refractivity contribution in [2.24, 2.45) is 0 Å². The Balaban J connectivity index is 1.90. The molecule has 8 nitrogen and oxygen atoms in total. The fraction of sp³-hybridized carbons (Fsp3) is 0.538. The van der Waals surface area contributed by atoms with Crippen molar-refractivity contribution in [2.45, 2.75) is 76.9 Å². The summed E-state index contributed by atoms with van der Waals surface area (Å²) in [5.74, 6) is -0.937. The van der Waals surface area contributed by atoms with Crippen molar-refractivity contribution in [3.63, 3.8) is 0 Å². The van der Waals surface area contributed by atoms with Crippen molar-refractivity contribution in [3.05, 3.63) is 63.8 Å². The molecule has 1 fully saturated rings. The third kappa shape index (κ3) is 7.25. The number of aromatic nitrogens is 2. The molecule has 0 aliphatic heterocycles. The fourth-order valence-electron chi connectivity index (χ4n) is 4.31. The number of nitrogens with one attached hydrogen (secondary N) is 2. The van der Waals surface area contributed by atoms with Crippen LogP contribution in [-0.4, -0.2) is 47.2 Å². The van der Waals surface area contributed by atoms with E-state index in [1.165, 1.54) is 31.7 Å². The molecule has 1 atom stereocenters. The quantitative estimate of drug-likeness (QED) is 0.588. The SMILES string of the molecule is CC[C@@H](COC)NC(=O)c1cn(Cc2ccccn2)cc(C(=O)NC2CCCCCCC2)c1=O. The lowest BCUT2D eigenvalue weighted by Gasteiger charge is -2.21. The molecule has 2 amide bonds. The van der Waals surface area contributed by atoms with Crippen LogP contribution < -0.4 is 16.1 Å². The highest BCUT2D eigenvalue weighted by atomic mass is 16.5. The van der Waals surface area contributed by atoms with Gasteiger partial charge >= 0.3 is 0 Å². The number of hydrogen-bond donors (Lipinski definition) is 2. The molecular formula is C26H36N4O4. The molecule has 1 saturated carbocycles. The first-order chi connectivity index (χ1) is 16.5. The fourth-order valence-corrected chi connectivity index (χ4v) is 4.31. The third-order valence-electron chi connectivity index (χ3n) is 6.28. The van der Waals surface area contributed by atoms with Gasteiger partial charge in [-0.25, -0.2) is 0 Å². The van der Waals surface area contributed by atoms with Crippen molar-refractivity contribution in [3.8, 4) is 0 Å². The van der Waals surface area contributed by atoms with Gasteiger partial charge in [-0.05, 0) is 31.4 Å². The molecule has 34 heavy (non-hydrogen) atoms. The molecule has 0 radical (unpaired) electrons. The zero-order valence-electron chi connectivity index (χ0n) is 20.2. The molecule has 0 bridgehead atoms. The van der Waals surface area contributed by atoms with Crippen molar-refractivity contribution >= 4 is 11.8 Å². The number of rotatable bonds is 9. The molecule has 1 aliphatic rings. The highest BCUT2D eigenvalue weighted by Gasteiger charge is 2.23. The minimum Gasteiger partial charge on any atom is -0.383 e. The predicted octanol–water partition coefficient (Wildman–Crippen LogP) is 3.29. The van der Waals surface area contributed by atoms with Gasteiger partial charge in [0.25, 0.3) is 11.8 Å². The second-order valence-corrected chi connectivity index (χ2v) is 8.96. The Morgan fingerprint density at radius 2 is 1.76 bits per heavy atom. The molecule has 8 heteroatoms. The molecule has 0 unspecified atom stereocenters. The molecule has 0 aromatic carbocycles. The number of methoxy groups -OCH3 is 1. The van der Waals surface area contributed by atoms with Crippen LogP contribution in [0.25, 0.3) is 0 Å².